The summed E-state index contributed by atoms with van der Waals surface area (Å²) in [5.74, 6) is -0.0608. The topological polar surface area (TPSA) is 67.3 Å². The van der Waals surface area contributed by atoms with E-state index < -0.39 is 11.6 Å². The smallest absolute Gasteiger partial charge is 0.165 e. The van der Waals surface area contributed by atoms with Crippen LogP contribution >= 0.6 is 0 Å². The van der Waals surface area contributed by atoms with E-state index in [9.17, 15) is 9.50 Å². The average Bonchev–Trinajstić information content (AvgIpc) is 2.42. The Morgan fingerprint density at radius 1 is 1.30 bits per heavy atom. The third-order valence-electron chi connectivity index (χ3n) is 2.64. The molecule has 0 bridgehead atoms. The number of aromatic nitrogens is 2. The second-order valence-electron chi connectivity index (χ2n) is 4.20. The van der Waals surface area contributed by atoms with Crippen molar-refractivity contribution in [3.63, 3.8) is 0 Å². The maximum Gasteiger partial charge on any atom is 0.165 e. The lowest BCUT2D eigenvalue weighted by Crippen LogP contribution is -2.04. The first-order valence-corrected chi connectivity index (χ1v) is 6.23. The van der Waals surface area contributed by atoms with Gasteiger partial charge >= 0.3 is 0 Å². The molecule has 0 radical (unpaired) electrons. The predicted molar refractivity (Wildman–Crippen MR) is 74.0 cm³/mol. The zero-order chi connectivity index (χ0) is 14.5. The number of ether oxygens (including phenoxy) is 1. The summed E-state index contributed by atoms with van der Waals surface area (Å²) in [6, 6.07) is 5.84. The molecule has 2 N–H and O–H groups in total. The Morgan fingerprint density at radius 2 is 2.10 bits per heavy atom. The number of rotatable bonds is 5. The zero-order valence-corrected chi connectivity index (χ0v) is 11.4. The van der Waals surface area contributed by atoms with Gasteiger partial charge in [-0.2, -0.15) is 0 Å². The van der Waals surface area contributed by atoms with Crippen molar-refractivity contribution < 1.29 is 14.2 Å². The van der Waals surface area contributed by atoms with E-state index in [0.717, 1.165) is 0 Å². The third kappa shape index (κ3) is 3.21. The number of nitrogens with zero attached hydrogens (tertiary/aromatic N) is 2. The van der Waals surface area contributed by atoms with Gasteiger partial charge in [-0.25, -0.2) is 14.4 Å². The average molecular weight is 277 g/mol. The van der Waals surface area contributed by atoms with Gasteiger partial charge in [0.15, 0.2) is 17.4 Å². The van der Waals surface area contributed by atoms with Gasteiger partial charge in [0.05, 0.1) is 12.3 Å². The molecule has 20 heavy (non-hydrogen) atoms. The fourth-order valence-electron chi connectivity index (χ4n) is 1.77. The number of nitrogens with one attached hydrogen (secondary N) is 1. The molecule has 0 saturated heterocycles. The molecule has 0 fully saturated rings. The first-order valence-electron chi connectivity index (χ1n) is 6.23. The highest BCUT2D eigenvalue weighted by Gasteiger charge is 2.09. The van der Waals surface area contributed by atoms with Gasteiger partial charge < -0.3 is 15.2 Å². The standard InChI is InChI=1S/C14H16FN3O2/c1-3-16-13-7-10(8-20-2)17-14(18-13)9-4-5-12(19)11(15)6-9/h4-7,19H,3,8H2,1-2H3,(H,16,17,18). The first-order chi connectivity index (χ1) is 9.63. The van der Waals surface area contributed by atoms with Gasteiger partial charge in [0, 0.05) is 25.3 Å². The van der Waals surface area contributed by atoms with E-state index in [4.69, 9.17) is 4.74 Å². The van der Waals surface area contributed by atoms with Crippen molar-refractivity contribution in [1.29, 1.82) is 0 Å². The largest absolute Gasteiger partial charge is 0.505 e. The monoisotopic (exact) mass is 277 g/mol. The summed E-state index contributed by atoms with van der Waals surface area (Å²) in [4.78, 5) is 8.64. The van der Waals surface area contributed by atoms with E-state index >= 15 is 0 Å². The van der Waals surface area contributed by atoms with Crippen LogP contribution in [0, 0.1) is 5.82 Å². The van der Waals surface area contributed by atoms with Crippen LogP contribution in [0.25, 0.3) is 11.4 Å². The molecule has 0 aliphatic rings. The minimum Gasteiger partial charge on any atom is -0.505 e. The number of methoxy groups -OCH3 is 1. The second kappa shape index (κ2) is 6.29. The number of aromatic hydroxyl groups is 1. The van der Waals surface area contributed by atoms with Gasteiger partial charge in [0.25, 0.3) is 0 Å². The van der Waals surface area contributed by atoms with Gasteiger partial charge in [0.2, 0.25) is 0 Å². The van der Waals surface area contributed by atoms with Crippen LogP contribution in [0.2, 0.25) is 0 Å². The Morgan fingerprint density at radius 3 is 2.75 bits per heavy atom. The van der Waals surface area contributed by atoms with Gasteiger partial charge in [-0.05, 0) is 25.1 Å². The highest BCUT2D eigenvalue weighted by molar-refractivity contribution is 5.59. The van der Waals surface area contributed by atoms with Crippen molar-refractivity contribution in [2.45, 2.75) is 13.5 Å². The fraction of sp³-hybridized carbons (Fsp3) is 0.286. The van der Waals surface area contributed by atoms with Crippen LogP contribution in [0.4, 0.5) is 10.2 Å². The Kier molecular flexibility index (Phi) is 4.47. The maximum absolute atomic E-state index is 13.4. The Bertz CT molecular complexity index is 581. The molecule has 0 aliphatic heterocycles. The zero-order valence-electron chi connectivity index (χ0n) is 11.4. The minimum absolute atomic E-state index is 0.342. The second-order valence-corrected chi connectivity index (χ2v) is 4.20. The molecule has 0 amide bonds. The third-order valence-corrected chi connectivity index (χ3v) is 2.64. The number of phenolic OH excluding ortho intramolecular Hbond substituents is 1. The molecule has 0 saturated carbocycles. The summed E-state index contributed by atoms with van der Waals surface area (Å²) in [5.41, 5.74) is 1.19. The molecule has 1 aromatic heterocycles. The molecule has 2 rings (SSSR count). The first kappa shape index (κ1) is 14.2. The Hall–Kier alpha value is -2.21. The Balaban J connectivity index is 2.45. The van der Waals surface area contributed by atoms with Crippen LogP contribution in [0.15, 0.2) is 24.3 Å². The molecule has 106 valence electrons. The molecule has 0 aliphatic carbocycles. The lowest BCUT2D eigenvalue weighted by Gasteiger charge is -2.09. The molecule has 0 unspecified atom stereocenters. The fourth-order valence-corrected chi connectivity index (χ4v) is 1.77. The molecule has 1 aromatic carbocycles. The highest BCUT2D eigenvalue weighted by Crippen LogP contribution is 2.23. The van der Waals surface area contributed by atoms with Crippen molar-refractivity contribution in [1.82, 2.24) is 9.97 Å². The van der Waals surface area contributed by atoms with Crippen molar-refractivity contribution in [3.8, 4) is 17.1 Å². The number of halogens is 1. The van der Waals surface area contributed by atoms with Crippen LogP contribution in [-0.2, 0) is 11.3 Å². The molecule has 0 atom stereocenters. The summed E-state index contributed by atoms with van der Waals surface area (Å²) >= 11 is 0. The van der Waals surface area contributed by atoms with E-state index in [-0.39, 0.29) is 0 Å². The predicted octanol–water partition coefficient (Wildman–Crippen LogP) is 2.57. The summed E-state index contributed by atoms with van der Waals surface area (Å²) in [6.07, 6.45) is 0. The van der Waals surface area contributed by atoms with E-state index in [0.29, 0.717) is 36.1 Å². The number of phenols is 1. The number of hydrogen-bond donors (Lipinski definition) is 2. The van der Waals surface area contributed by atoms with Gasteiger partial charge in [-0.1, -0.05) is 0 Å². The molecule has 5 nitrogen and oxygen atoms in total. The highest BCUT2D eigenvalue weighted by atomic mass is 19.1. The normalized spacial score (nSPS) is 10.6. The van der Waals surface area contributed by atoms with Crippen molar-refractivity contribution in [2.24, 2.45) is 0 Å². The molecular formula is C14H16FN3O2. The number of hydrogen-bond acceptors (Lipinski definition) is 5. The van der Waals surface area contributed by atoms with Gasteiger partial charge in [0.1, 0.15) is 5.82 Å². The lowest BCUT2D eigenvalue weighted by molar-refractivity contribution is 0.181. The summed E-state index contributed by atoms with van der Waals surface area (Å²) in [5, 5.41) is 12.3. The van der Waals surface area contributed by atoms with Crippen molar-refractivity contribution >= 4 is 5.82 Å². The number of benzene rings is 1. The van der Waals surface area contributed by atoms with Crippen molar-refractivity contribution in [2.75, 3.05) is 19.0 Å². The lowest BCUT2D eigenvalue weighted by atomic mass is 10.2. The van der Waals surface area contributed by atoms with Crippen molar-refractivity contribution in [3.05, 3.63) is 35.8 Å². The molecular weight excluding hydrogens is 261 g/mol. The van der Waals surface area contributed by atoms with Crippen LogP contribution in [0.3, 0.4) is 0 Å². The van der Waals surface area contributed by atoms with Crippen LogP contribution in [0.1, 0.15) is 12.6 Å². The van der Waals surface area contributed by atoms with Crippen LogP contribution < -0.4 is 5.32 Å². The van der Waals surface area contributed by atoms with E-state index in [1.165, 1.54) is 12.1 Å². The van der Waals surface area contributed by atoms with E-state index in [1.807, 2.05) is 6.92 Å². The molecule has 0 spiro atoms. The summed E-state index contributed by atoms with van der Waals surface area (Å²) < 4.78 is 18.5. The quantitative estimate of drug-likeness (QED) is 0.879. The van der Waals surface area contributed by atoms with Gasteiger partial charge in [-0.3, -0.25) is 0 Å². The molecule has 1 heterocycles. The SMILES string of the molecule is CCNc1cc(COC)nc(-c2ccc(O)c(F)c2)n1. The van der Waals surface area contributed by atoms with Gasteiger partial charge in [-0.15, -0.1) is 0 Å². The summed E-state index contributed by atoms with van der Waals surface area (Å²) in [6.45, 7) is 3.01. The van der Waals surface area contributed by atoms with Crippen LogP contribution in [-0.4, -0.2) is 28.7 Å². The molecule has 6 heteroatoms. The van der Waals surface area contributed by atoms with E-state index in [1.54, 1.807) is 19.2 Å². The van der Waals surface area contributed by atoms with Crippen LogP contribution in [0.5, 0.6) is 5.75 Å². The molecule has 2 aromatic rings. The Labute approximate surface area is 116 Å². The van der Waals surface area contributed by atoms with E-state index in [2.05, 4.69) is 15.3 Å². The maximum atomic E-state index is 13.4. The minimum atomic E-state index is -0.701. The summed E-state index contributed by atoms with van der Waals surface area (Å²) in [7, 11) is 1.58. The number of anilines is 1.